The molecule has 3 rings (SSSR count). The number of benzene rings is 1. The lowest BCUT2D eigenvalue weighted by atomic mass is 10.1. The summed E-state index contributed by atoms with van der Waals surface area (Å²) in [5.74, 6) is -0.959. The van der Waals surface area contributed by atoms with Crippen molar-refractivity contribution in [2.45, 2.75) is 0 Å². The summed E-state index contributed by atoms with van der Waals surface area (Å²) in [6, 6.07) is 6.40. The van der Waals surface area contributed by atoms with Gasteiger partial charge in [0.2, 0.25) is 11.3 Å². The quantitative estimate of drug-likeness (QED) is 0.696. The van der Waals surface area contributed by atoms with Crippen molar-refractivity contribution in [1.82, 2.24) is 25.4 Å². The standard InChI is InChI=1S/C11H7N5O2/c17-11(18)7-3-1-6(2-4-7)8-5-12-9-10(13-8)15-16-14-9/h1-5H,(H,17,18)(H,12,13,14,15,16). The van der Waals surface area contributed by atoms with Crippen molar-refractivity contribution in [1.29, 1.82) is 0 Å². The van der Waals surface area contributed by atoms with Crippen LogP contribution in [0.5, 0.6) is 0 Å². The summed E-state index contributed by atoms with van der Waals surface area (Å²) in [4.78, 5) is 19.1. The van der Waals surface area contributed by atoms with Crippen molar-refractivity contribution in [3.8, 4) is 11.3 Å². The first-order valence-electron chi connectivity index (χ1n) is 5.11. The molecule has 0 radical (unpaired) electrons. The van der Waals surface area contributed by atoms with Crippen LogP contribution in [-0.2, 0) is 0 Å². The van der Waals surface area contributed by atoms with E-state index >= 15 is 0 Å². The second-order valence-corrected chi connectivity index (χ2v) is 3.61. The normalized spacial score (nSPS) is 10.7. The third-order valence-electron chi connectivity index (χ3n) is 2.47. The summed E-state index contributed by atoms with van der Waals surface area (Å²) in [5.41, 5.74) is 2.50. The van der Waals surface area contributed by atoms with Crippen molar-refractivity contribution < 1.29 is 9.90 Å². The van der Waals surface area contributed by atoms with Gasteiger partial charge in [-0.2, -0.15) is 5.21 Å². The first-order valence-corrected chi connectivity index (χ1v) is 5.11. The molecule has 1 aromatic carbocycles. The van der Waals surface area contributed by atoms with E-state index in [0.717, 1.165) is 5.56 Å². The number of nitrogens with zero attached hydrogens (tertiary/aromatic N) is 4. The summed E-state index contributed by atoms with van der Waals surface area (Å²) >= 11 is 0. The monoisotopic (exact) mass is 241 g/mol. The highest BCUT2D eigenvalue weighted by molar-refractivity contribution is 5.88. The molecule has 0 saturated carbocycles. The number of aromatic carboxylic acids is 1. The third kappa shape index (κ3) is 1.67. The molecule has 0 saturated heterocycles. The number of H-pyrrole nitrogens is 1. The number of carboxylic acids is 1. The SMILES string of the molecule is O=C(O)c1ccc(-c2cnc3n[nH]nc3n2)cc1. The molecule has 0 aliphatic carbocycles. The Kier molecular flexibility index (Phi) is 2.23. The van der Waals surface area contributed by atoms with Crippen molar-refractivity contribution in [2.75, 3.05) is 0 Å². The van der Waals surface area contributed by atoms with Crippen LogP contribution in [0.4, 0.5) is 0 Å². The molecule has 0 spiro atoms. The summed E-state index contributed by atoms with van der Waals surface area (Å²) < 4.78 is 0. The molecule has 7 nitrogen and oxygen atoms in total. The van der Waals surface area contributed by atoms with Gasteiger partial charge in [-0.05, 0) is 12.1 Å². The fourth-order valence-electron chi connectivity index (χ4n) is 1.57. The van der Waals surface area contributed by atoms with Gasteiger partial charge in [0.25, 0.3) is 0 Å². The van der Waals surface area contributed by atoms with Crippen molar-refractivity contribution in [3.63, 3.8) is 0 Å². The summed E-state index contributed by atoms with van der Waals surface area (Å²) in [6.07, 6.45) is 1.57. The number of nitrogens with one attached hydrogen (secondary N) is 1. The summed E-state index contributed by atoms with van der Waals surface area (Å²) in [5, 5.41) is 18.9. The van der Waals surface area contributed by atoms with Crippen LogP contribution < -0.4 is 0 Å². The average molecular weight is 241 g/mol. The molecule has 0 aliphatic heterocycles. The highest BCUT2D eigenvalue weighted by Gasteiger charge is 2.07. The molecule has 0 amide bonds. The van der Waals surface area contributed by atoms with Gasteiger partial charge >= 0.3 is 5.97 Å². The highest BCUT2D eigenvalue weighted by Crippen LogP contribution is 2.18. The molecule has 0 aliphatic rings. The van der Waals surface area contributed by atoms with E-state index in [2.05, 4.69) is 25.4 Å². The Morgan fingerprint density at radius 1 is 1.11 bits per heavy atom. The predicted octanol–water partition coefficient (Wildman–Crippen LogP) is 1.11. The lowest BCUT2D eigenvalue weighted by Crippen LogP contribution is -1.95. The average Bonchev–Trinajstić information content (AvgIpc) is 2.86. The maximum absolute atomic E-state index is 10.7. The van der Waals surface area contributed by atoms with E-state index in [1.165, 1.54) is 12.1 Å². The van der Waals surface area contributed by atoms with Gasteiger partial charge in [-0.3, -0.25) is 0 Å². The molecule has 18 heavy (non-hydrogen) atoms. The third-order valence-corrected chi connectivity index (χ3v) is 2.47. The fourth-order valence-corrected chi connectivity index (χ4v) is 1.57. The van der Waals surface area contributed by atoms with E-state index in [1.54, 1.807) is 18.3 Å². The minimum absolute atomic E-state index is 0.231. The maximum Gasteiger partial charge on any atom is 0.335 e. The predicted molar refractivity (Wildman–Crippen MR) is 61.9 cm³/mol. The molecule has 88 valence electrons. The first kappa shape index (κ1) is 10.3. The summed E-state index contributed by atoms with van der Waals surface area (Å²) in [7, 11) is 0. The molecule has 2 aromatic heterocycles. The zero-order valence-corrected chi connectivity index (χ0v) is 9.03. The Bertz CT molecular complexity index is 720. The molecule has 0 fully saturated rings. The number of fused-ring (bicyclic) bond motifs is 1. The van der Waals surface area contributed by atoms with E-state index in [1.807, 2.05) is 0 Å². The van der Waals surface area contributed by atoms with E-state index < -0.39 is 5.97 Å². The minimum Gasteiger partial charge on any atom is -0.478 e. The molecular formula is C11H7N5O2. The number of hydrogen-bond acceptors (Lipinski definition) is 5. The van der Waals surface area contributed by atoms with E-state index in [4.69, 9.17) is 5.11 Å². The Balaban J connectivity index is 2.05. The molecule has 2 N–H and O–H groups in total. The Labute approximate surface area is 101 Å². The molecule has 2 heterocycles. The van der Waals surface area contributed by atoms with E-state index in [0.29, 0.717) is 17.0 Å². The minimum atomic E-state index is -0.959. The van der Waals surface area contributed by atoms with Gasteiger partial charge in [0.1, 0.15) is 0 Å². The molecule has 0 atom stereocenters. The molecular weight excluding hydrogens is 234 g/mol. The lowest BCUT2D eigenvalue weighted by molar-refractivity contribution is 0.0697. The van der Waals surface area contributed by atoms with Crippen LogP contribution in [0.3, 0.4) is 0 Å². The van der Waals surface area contributed by atoms with Gasteiger partial charge in [-0.15, -0.1) is 10.2 Å². The van der Waals surface area contributed by atoms with Crippen LogP contribution in [0, 0.1) is 0 Å². The lowest BCUT2D eigenvalue weighted by Gasteiger charge is -2.00. The smallest absolute Gasteiger partial charge is 0.335 e. The van der Waals surface area contributed by atoms with Gasteiger partial charge < -0.3 is 5.11 Å². The van der Waals surface area contributed by atoms with Gasteiger partial charge in [0.05, 0.1) is 17.5 Å². The number of hydrogen-bond donors (Lipinski definition) is 2. The number of carbonyl (C=O) groups is 1. The first-order chi connectivity index (χ1) is 8.74. The molecule has 0 unspecified atom stereocenters. The topological polar surface area (TPSA) is 105 Å². The maximum atomic E-state index is 10.7. The second-order valence-electron chi connectivity index (χ2n) is 3.61. The van der Waals surface area contributed by atoms with Crippen LogP contribution >= 0.6 is 0 Å². The van der Waals surface area contributed by atoms with Crippen LogP contribution in [0.2, 0.25) is 0 Å². The zero-order valence-electron chi connectivity index (χ0n) is 9.03. The highest BCUT2D eigenvalue weighted by atomic mass is 16.4. The van der Waals surface area contributed by atoms with Gasteiger partial charge in [0, 0.05) is 5.56 Å². The number of carboxylic acid groups (broad SMARTS) is 1. The van der Waals surface area contributed by atoms with Crippen molar-refractivity contribution in [2.24, 2.45) is 0 Å². The largest absolute Gasteiger partial charge is 0.478 e. The van der Waals surface area contributed by atoms with Crippen LogP contribution in [0.1, 0.15) is 10.4 Å². The number of rotatable bonds is 2. The van der Waals surface area contributed by atoms with E-state index in [-0.39, 0.29) is 5.56 Å². The van der Waals surface area contributed by atoms with Crippen LogP contribution in [-0.4, -0.2) is 36.5 Å². The van der Waals surface area contributed by atoms with Crippen molar-refractivity contribution in [3.05, 3.63) is 36.0 Å². The second kappa shape index (κ2) is 3.88. The van der Waals surface area contributed by atoms with Gasteiger partial charge in [0.15, 0.2) is 0 Å². The Hall–Kier alpha value is -2.83. The molecule has 3 aromatic rings. The number of aromatic nitrogens is 5. The Morgan fingerprint density at radius 3 is 2.56 bits per heavy atom. The van der Waals surface area contributed by atoms with E-state index in [9.17, 15) is 4.79 Å². The molecule has 7 heteroatoms. The van der Waals surface area contributed by atoms with Crippen LogP contribution in [0.25, 0.3) is 22.6 Å². The fraction of sp³-hybridized carbons (Fsp3) is 0. The van der Waals surface area contributed by atoms with Crippen LogP contribution in [0.15, 0.2) is 30.5 Å². The van der Waals surface area contributed by atoms with Crippen molar-refractivity contribution >= 4 is 17.3 Å². The Morgan fingerprint density at radius 2 is 1.83 bits per heavy atom. The summed E-state index contributed by atoms with van der Waals surface area (Å²) in [6.45, 7) is 0. The molecule has 0 bridgehead atoms. The van der Waals surface area contributed by atoms with Gasteiger partial charge in [-0.25, -0.2) is 14.8 Å². The van der Waals surface area contributed by atoms with Gasteiger partial charge in [-0.1, -0.05) is 12.1 Å². The zero-order chi connectivity index (χ0) is 12.5. The number of aromatic amines is 1.